The van der Waals surface area contributed by atoms with Crippen LogP contribution in [0.3, 0.4) is 0 Å². The van der Waals surface area contributed by atoms with E-state index in [2.05, 4.69) is 35.1 Å². The average molecular weight is 445 g/mol. The Morgan fingerprint density at radius 1 is 1.16 bits per heavy atom. The number of rotatable bonds is 10. The van der Waals surface area contributed by atoms with Gasteiger partial charge in [0.15, 0.2) is 0 Å². The largest absolute Gasteiger partial charge is 0.432 e. The molecule has 166 valence electrons. The lowest BCUT2D eigenvalue weighted by Gasteiger charge is -2.17. The van der Waals surface area contributed by atoms with E-state index in [-0.39, 0.29) is 19.4 Å². The summed E-state index contributed by atoms with van der Waals surface area (Å²) in [5.74, 6) is 0.976. The van der Waals surface area contributed by atoms with Crippen molar-refractivity contribution in [3.05, 3.63) is 41.6 Å². The lowest BCUT2D eigenvalue weighted by molar-refractivity contribution is -0.171. The minimum absolute atomic E-state index is 0.0693. The zero-order chi connectivity index (χ0) is 22.2. The van der Waals surface area contributed by atoms with E-state index in [1.807, 2.05) is 36.2 Å². The molecule has 1 N–H and O–H groups in total. The van der Waals surface area contributed by atoms with E-state index in [4.69, 9.17) is 4.84 Å². The summed E-state index contributed by atoms with van der Waals surface area (Å²) in [6.07, 6.45) is 1.21. The van der Waals surface area contributed by atoms with Crippen LogP contribution in [0.15, 0.2) is 30.5 Å². The van der Waals surface area contributed by atoms with E-state index in [1.54, 1.807) is 0 Å². The normalized spacial score (nSPS) is 14.0. The number of benzene rings is 1. The number of nitrogens with one attached hydrogen (secondary N) is 1. The number of fused-ring (bicyclic) bond motifs is 1. The zero-order valence-corrected chi connectivity index (χ0v) is 18.7. The summed E-state index contributed by atoms with van der Waals surface area (Å²) in [5, 5.41) is 4.10. The molecule has 3 amide bonds. The van der Waals surface area contributed by atoms with Gasteiger partial charge in [-0.3, -0.25) is 14.6 Å². The molecule has 0 radical (unpaired) electrons. The Bertz CT molecular complexity index is 932. The molecular formula is C22H28N4O4S. The van der Waals surface area contributed by atoms with Crippen molar-refractivity contribution < 1.29 is 19.2 Å². The lowest BCUT2D eigenvalue weighted by Crippen LogP contribution is -2.36. The third-order valence-electron chi connectivity index (χ3n) is 5.13. The summed E-state index contributed by atoms with van der Waals surface area (Å²) < 4.78 is 0. The smallest absolute Gasteiger partial charge is 0.316 e. The van der Waals surface area contributed by atoms with Crippen molar-refractivity contribution in [2.75, 3.05) is 25.4 Å². The molecule has 8 nitrogen and oxygen atoms in total. The molecule has 1 aliphatic rings. The number of pyridine rings is 1. The predicted octanol–water partition coefficient (Wildman–Crippen LogP) is 3.10. The van der Waals surface area contributed by atoms with Gasteiger partial charge in [0.2, 0.25) is 0 Å². The van der Waals surface area contributed by atoms with Gasteiger partial charge in [0.1, 0.15) is 0 Å². The Labute approximate surface area is 186 Å². The lowest BCUT2D eigenvalue weighted by atomic mass is 10.1. The summed E-state index contributed by atoms with van der Waals surface area (Å²) in [4.78, 5) is 46.7. The molecule has 0 spiro atoms. The van der Waals surface area contributed by atoms with Crippen molar-refractivity contribution >= 4 is 40.6 Å². The van der Waals surface area contributed by atoms with Gasteiger partial charge in [0.25, 0.3) is 11.8 Å². The van der Waals surface area contributed by atoms with Crippen molar-refractivity contribution in [2.24, 2.45) is 0 Å². The third kappa shape index (κ3) is 6.41. The highest BCUT2D eigenvalue weighted by atomic mass is 32.2. The van der Waals surface area contributed by atoms with E-state index < -0.39 is 17.9 Å². The van der Waals surface area contributed by atoms with Gasteiger partial charge in [-0.25, -0.2) is 4.79 Å². The van der Waals surface area contributed by atoms with Crippen LogP contribution in [0.2, 0.25) is 0 Å². The molecule has 0 unspecified atom stereocenters. The summed E-state index contributed by atoms with van der Waals surface area (Å²) in [5.41, 5.74) is 2.92. The minimum Gasteiger partial charge on any atom is -0.316 e. The van der Waals surface area contributed by atoms with E-state index in [1.165, 1.54) is 0 Å². The molecule has 0 bridgehead atoms. The van der Waals surface area contributed by atoms with Crippen LogP contribution in [0.25, 0.3) is 10.9 Å². The molecule has 1 fully saturated rings. The number of carbonyl (C=O) groups is 3. The third-order valence-corrected chi connectivity index (χ3v) is 6.14. The Balaban J connectivity index is 1.53. The van der Waals surface area contributed by atoms with Gasteiger partial charge in [-0.2, -0.15) is 11.8 Å². The number of hydrogen-bond acceptors (Lipinski definition) is 7. The van der Waals surface area contributed by atoms with Gasteiger partial charge in [-0.1, -0.05) is 19.9 Å². The highest BCUT2D eigenvalue weighted by Crippen LogP contribution is 2.19. The van der Waals surface area contributed by atoms with Crippen LogP contribution in [0.4, 0.5) is 4.79 Å². The van der Waals surface area contributed by atoms with Crippen LogP contribution in [0.1, 0.15) is 37.8 Å². The minimum atomic E-state index is -0.833. The molecule has 9 heteroatoms. The highest BCUT2D eigenvalue weighted by Gasteiger charge is 2.32. The monoisotopic (exact) mass is 444 g/mol. The number of aromatic nitrogens is 1. The number of thioether (sulfide) groups is 1. The van der Waals surface area contributed by atoms with E-state index in [0.29, 0.717) is 5.06 Å². The van der Waals surface area contributed by atoms with Gasteiger partial charge >= 0.3 is 6.09 Å². The van der Waals surface area contributed by atoms with Gasteiger partial charge in [0, 0.05) is 49.0 Å². The summed E-state index contributed by atoms with van der Waals surface area (Å²) >= 11 is 1.89. The Hall–Kier alpha value is -2.65. The number of nitrogens with zero attached hydrogens (tertiary/aromatic N) is 3. The van der Waals surface area contributed by atoms with E-state index in [0.717, 1.165) is 53.2 Å². The average Bonchev–Trinajstić information content (AvgIpc) is 3.09. The van der Waals surface area contributed by atoms with Gasteiger partial charge in [-0.15, -0.1) is 5.06 Å². The van der Waals surface area contributed by atoms with Crippen molar-refractivity contribution in [1.82, 2.24) is 20.3 Å². The first-order valence-corrected chi connectivity index (χ1v) is 11.6. The standard InChI is InChI=1S/C22H28N4O4S/c1-3-25(4-2)9-10-31-15-17-12-18-11-16(5-6-19(18)23-14-17)13-24-22(29)30-26-20(27)7-8-21(26)28/h5-6,11-12,14H,3-4,7-10,13,15H2,1-2H3,(H,24,29). The molecule has 31 heavy (non-hydrogen) atoms. The summed E-state index contributed by atoms with van der Waals surface area (Å²) in [6, 6.07) is 7.87. The fourth-order valence-corrected chi connectivity index (χ4v) is 4.21. The van der Waals surface area contributed by atoms with Crippen LogP contribution >= 0.6 is 11.8 Å². The maximum Gasteiger partial charge on any atom is 0.432 e. The molecule has 1 aromatic heterocycles. The zero-order valence-electron chi connectivity index (χ0n) is 17.9. The fourth-order valence-electron chi connectivity index (χ4n) is 3.29. The SMILES string of the molecule is CCN(CC)CCSCc1cnc2ccc(CNC(=O)ON3C(=O)CCC3=O)cc2c1. The Kier molecular flexibility index (Phi) is 8.25. The first-order valence-electron chi connectivity index (χ1n) is 10.5. The molecule has 1 saturated heterocycles. The second-order valence-corrected chi connectivity index (χ2v) is 8.37. The maximum absolute atomic E-state index is 11.9. The summed E-state index contributed by atoms with van der Waals surface area (Å²) in [6.45, 7) is 7.80. The number of hydrogen-bond donors (Lipinski definition) is 1. The van der Waals surface area contributed by atoms with Crippen molar-refractivity contribution in [3.63, 3.8) is 0 Å². The molecular weight excluding hydrogens is 416 g/mol. The van der Waals surface area contributed by atoms with Gasteiger partial charge in [-0.05, 0) is 42.4 Å². The van der Waals surface area contributed by atoms with Crippen molar-refractivity contribution in [2.45, 2.75) is 39.0 Å². The maximum atomic E-state index is 11.9. The fraction of sp³-hybridized carbons (Fsp3) is 0.455. The van der Waals surface area contributed by atoms with E-state index >= 15 is 0 Å². The topological polar surface area (TPSA) is 91.8 Å². The molecule has 1 aromatic carbocycles. The van der Waals surface area contributed by atoms with Crippen LogP contribution in [0, 0.1) is 0 Å². The number of amides is 3. The van der Waals surface area contributed by atoms with Crippen LogP contribution in [0.5, 0.6) is 0 Å². The molecule has 2 aromatic rings. The molecule has 0 atom stereocenters. The molecule has 3 rings (SSSR count). The Morgan fingerprint density at radius 3 is 2.58 bits per heavy atom. The second kappa shape index (κ2) is 11.1. The van der Waals surface area contributed by atoms with Crippen LogP contribution in [-0.2, 0) is 26.7 Å². The van der Waals surface area contributed by atoms with Gasteiger partial charge < -0.3 is 15.1 Å². The van der Waals surface area contributed by atoms with Crippen molar-refractivity contribution in [1.29, 1.82) is 0 Å². The van der Waals surface area contributed by atoms with E-state index in [9.17, 15) is 14.4 Å². The number of carbonyl (C=O) groups excluding carboxylic acids is 3. The van der Waals surface area contributed by atoms with Gasteiger partial charge in [0.05, 0.1) is 5.52 Å². The first-order chi connectivity index (χ1) is 15.0. The quantitative estimate of drug-likeness (QED) is 0.445. The van der Waals surface area contributed by atoms with Crippen LogP contribution in [-0.4, -0.2) is 58.2 Å². The number of hydroxylamine groups is 2. The first kappa shape index (κ1) is 23.0. The molecule has 0 aliphatic carbocycles. The second-order valence-electron chi connectivity index (χ2n) is 7.26. The molecule has 2 heterocycles. The predicted molar refractivity (Wildman–Crippen MR) is 120 cm³/mol. The molecule has 0 saturated carbocycles. The summed E-state index contributed by atoms with van der Waals surface area (Å²) in [7, 11) is 0. The number of imide groups is 1. The molecule has 1 aliphatic heterocycles. The van der Waals surface area contributed by atoms with Crippen molar-refractivity contribution in [3.8, 4) is 0 Å². The van der Waals surface area contributed by atoms with Crippen LogP contribution < -0.4 is 5.32 Å². The Morgan fingerprint density at radius 2 is 1.87 bits per heavy atom. The highest BCUT2D eigenvalue weighted by molar-refractivity contribution is 7.98.